The van der Waals surface area contributed by atoms with Gasteiger partial charge in [0.15, 0.2) is 10.7 Å². The van der Waals surface area contributed by atoms with E-state index < -0.39 is 9.84 Å². The Balaban J connectivity index is 2.09. The second-order valence-electron chi connectivity index (χ2n) is 5.56. The van der Waals surface area contributed by atoms with Crippen molar-refractivity contribution in [2.24, 2.45) is 0 Å². The van der Waals surface area contributed by atoms with Crippen LogP contribution in [-0.4, -0.2) is 28.2 Å². The van der Waals surface area contributed by atoms with E-state index in [4.69, 9.17) is 5.73 Å². The molecule has 0 aliphatic rings. The first-order valence-corrected chi connectivity index (χ1v) is 9.22. The van der Waals surface area contributed by atoms with Crippen LogP contribution < -0.4 is 5.73 Å². The first-order chi connectivity index (χ1) is 12.0. The van der Waals surface area contributed by atoms with Gasteiger partial charge < -0.3 is 5.73 Å². The Kier molecular flexibility index (Phi) is 3.43. The SMILES string of the molecule is CCn1nc(S(=O)(=O)c2cccc3ccccc23)c2c(N)ncnc21. The highest BCUT2D eigenvalue weighted by molar-refractivity contribution is 7.91. The fourth-order valence-corrected chi connectivity index (χ4v) is 4.55. The van der Waals surface area contributed by atoms with Gasteiger partial charge in [0, 0.05) is 11.9 Å². The second-order valence-corrected chi connectivity index (χ2v) is 7.39. The van der Waals surface area contributed by atoms with E-state index in [1.54, 1.807) is 18.2 Å². The van der Waals surface area contributed by atoms with Crippen LogP contribution in [0.25, 0.3) is 21.8 Å². The van der Waals surface area contributed by atoms with Crippen molar-refractivity contribution in [1.29, 1.82) is 0 Å². The maximum absolute atomic E-state index is 13.4. The third-order valence-corrected chi connectivity index (χ3v) is 5.85. The largest absolute Gasteiger partial charge is 0.383 e. The number of nitrogens with two attached hydrogens (primary N) is 1. The summed E-state index contributed by atoms with van der Waals surface area (Å²) in [4.78, 5) is 8.27. The highest BCUT2D eigenvalue weighted by atomic mass is 32.2. The lowest BCUT2D eigenvalue weighted by Gasteiger charge is -2.07. The number of nitrogen functional groups attached to an aromatic ring is 1. The zero-order chi connectivity index (χ0) is 17.6. The molecule has 2 aromatic heterocycles. The van der Waals surface area contributed by atoms with E-state index in [0.717, 1.165) is 5.39 Å². The first kappa shape index (κ1) is 15.5. The number of anilines is 1. The molecular formula is C17H15N5O2S. The standard InChI is InChI=1S/C17H15N5O2S/c1-2-22-16-14(15(18)19-10-20-16)17(21-22)25(23,24)13-9-5-7-11-6-3-4-8-12(11)13/h3-10H,2H2,1H3,(H2,18,19,20). The van der Waals surface area contributed by atoms with Gasteiger partial charge in [-0.2, -0.15) is 5.10 Å². The monoisotopic (exact) mass is 353 g/mol. The van der Waals surface area contributed by atoms with Crippen molar-refractivity contribution in [3.63, 3.8) is 0 Å². The van der Waals surface area contributed by atoms with Crippen LogP contribution in [0, 0.1) is 0 Å². The minimum Gasteiger partial charge on any atom is -0.383 e. The van der Waals surface area contributed by atoms with Crippen molar-refractivity contribution in [2.45, 2.75) is 23.4 Å². The zero-order valence-electron chi connectivity index (χ0n) is 13.4. The highest BCUT2D eigenvalue weighted by Gasteiger charge is 2.29. The molecule has 0 saturated carbocycles. The summed E-state index contributed by atoms with van der Waals surface area (Å²) in [7, 11) is -3.90. The van der Waals surface area contributed by atoms with Crippen LogP contribution in [0.3, 0.4) is 0 Å². The van der Waals surface area contributed by atoms with Gasteiger partial charge in [0.05, 0.1) is 4.90 Å². The van der Waals surface area contributed by atoms with Crippen molar-refractivity contribution < 1.29 is 8.42 Å². The molecule has 0 aliphatic heterocycles. The number of rotatable bonds is 3. The zero-order valence-corrected chi connectivity index (χ0v) is 14.2. The lowest BCUT2D eigenvalue weighted by Crippen LogP contribution is -2.06. The molecule has 2 heterocycles. The Morgan fingerprint density at radius 2 is 1.84 bits per heavy atom. The summed E-state index contributed by atoms with van der Waals surface area (Å²) in [6.07, 6.45) is 1.31. The molecule has 0 spiro atoms. The van der Waals surface area contributed by atoms with Crippen molar-refractivity contribution in [1.82, 2.24) is 19.7 Å². The first-order valence-electron chi connectivity index (χ1n) is 7.74. The Bertz CT molecular complexity index is 1210. The molecule has 0 atom stereocenters. The van der Waals surface area contributed by atoms with E-state index in [1.807, 2.05) is 31.2 Å². The molecule has 126 valence electrons. The number of hydrogen-bond donors (Lipinski definition) is 1. The topological polar surface area (TPSA) is 104 Å². The second kappa shape index (κ2) is 5.52. The fourth-order valence-electron chi connectivity index (χ4n) is 2.94. The van der Waals surface area contributed by atoms with E-state index >= 15 is 0 Å². The molecule has 0 fully saturated rings. The van der Waals surface area contributed by atoms with Gasteiger partial charge >= 0.3 is 0 Å². The number of aryl methyl sites for hydroxylation is 1. The van der Waals surface area contributed by atoms with E-state index in [1.165, 1.54) is 11.0 Å². The average Bonchev–Trinajstić information content (AvgIpc) is 3.02. The number of benzene rings is 2. The van der Waals surface area contributed by atoms with Crippen LogP contribution in [0.1, 0.15) is 6.92 Å². The molecule has 0 saturated heterocycles. The van der Waals surface area contributed by atoms with E-state index in [9.17, 15) is 8.42 Å². The van der Waals surface area contributed by atoms with Gasteiger partial charge in [0.25, 0.3) is 0 Å². The number of aromatic nitrogens is 4. The summed E-state index contributed by atoms with van der Waals surface area (Å²) in [6, 6.07) is 12.5. The van der Waals surface area contributed by atoms with Crippen LogP contribution in [-0.2, 0) is 16.4 Å². The maximum Gasteiger partial charge on any atom is 0.227 e. The van der Waals surface area contributed by atoms with Gasteiger partial charge in [-0.05, 0) is 18.4 Å². The van der Waals surface area contributed by atoms with Crippen molar-refractivity contribution in [3.8, 4) is 0 Å². The third kappa shape index (κ3) is 2.25. The summed E-state index contributed by atoms with van der Waals surface area (Å²) in [6.45, 7) is 2.33. The molecule has 25 heavy (non-hydrogen) atoms. The summed E-state index contributed by atoms with van der Waals surface area (Å²) in [5.41, 5.74) is 6.35. The highest BCUT2D eigenvalue weighted by Crippen LogP contribution is 2.32. The van der Waals surface area contributed by atoms with Crippen molar-refractivity contribution >= 4 is 37.5 Å². The molecular weight excluding hydrogens is 338 g/mol. The molecule has 0 radical (unpaired) electrons. The van der Waals surface area contributed by atoms with Crippen molar-refractivity contribution in [3.05, 3.63) is 48.8 Å². The Labute approximate surface area is 144 Å². The number of hydrogen-bond acceptors (Lipinski definition) is 6. The van der Waals surface area contributed by atoms with Crippen molar-refractivity contribution in [2.75, 3.05) is 5.73 Å². The van der Waals surface area contributed by atoms with Crippen LogP contribution in [0.4, 0.5) is 5.82 Å². The fraction of sp³-hybridized carbons (Fsp3) is 0.118. The molecule has 8 heteroatoms. The van der Waals surface area contributed by atoms with Gasteiger partial charge in [-0.1, -0.05) is 36.4 Å². The predicted molar refractivity (Wildman–Crippen MR) is 94.8 cm³/mol. The van der Waals surface area contributed by atoms with E-state index in [-0.39, 0.29) is 21.1 Å². The van der Waals surface area contributed by atoms with Crippen LogP contribution >= 0.6 is 0 Å². The minimum absolute atomic E-state index is 0.100. The number of fused-ring (bicyclic) bond motifs is 2. The predicted octanol–water partition coefficient (Wildman–Crippen LogP) is 2.41. The Morgan fingerprint density at radius 1 is 1.08 bits per heavy atom. The smallest absolute Gasteiger partial charge is 0.227 e. The third-order valence-electron chi connectivity index (χ3n) is 4.12. The van der Waals surface area contributed by atoms with Crippen LogP contribution in [0.5, 0.6) is 0 Å². The molecule has 4 aromatic rings. The summed E-state index contributed by atoms with van der Waals surface area (Å²) in [5, 5.41) is 5.90. The summed E-state index contributed by atoms with van der Waals surface area (Å²) >= 11 is 0. The van der Waals surface area contributed by atoms with Gasteiger partial charge in [0.1, 0.15) is 17.5 Å². The van der Waals surface area contributed by atoms with E-state index in [0.29, 0.717) is 17.6 Å². The molecule has 4 rings (SSSR count). The number of nitrogens with zero attached hydrogens (tertiary/aromatic N) is 4. The van der Waals surface area contributed by atoms with Crippen LogP contribution in [0.15, 0.2) is 58.7 Å². The molecule has 0 amide bonds. The average molecular weight is 353 g/mol. The molecule has 0 unspecified atom stereocenters. The maximum atomic E-state index is 13.4. The molecule has 0 bridgehead atoms. The van der Waals surface area contributed by atoms with Gasteiger partial charge in [-0.3, -0.25) is 0 Å². The quantitative estimate of drug-likeness (QED) is 0.606. The molecule has 0 aliphatic carbocycles. The molecule has 7 nitrogen and oxygen atoms in total. The lowest BCUT2D eigenvalue weighted by molar-refractivity contribution is 0.585. The van der Waals surface area contributed by atoms with Gasteiger partial charge in [-0.25, -0.2) is 23.1 Å². The number of sulfone groups is 1. The molecule has 2 N–H and O–H groups in total. The normalized spacial score (nSPS) is 12.0. The van der Waals surface area contributed by atoms with Crippen LogP contribution in [0.2, 0.25) is 0 Å². The Hall–Kier alpha value is -3.00. The minimum atomic E-state index is -3.90. The lowest BCUT2D eigenvalue weighted by atomic mass is 10.1. The molecule has 2 aromatic carbocycles. The Morgan fingerprint density at radius 3 is 2.64 bits per heavy atom. The van der Waals surface area contributed by atoms with Gasteiger partial charge in [0.2, 0.25) is 9.84 Å². The summed E-state index contributed by atoms with van der Waals surface area (Å²) < 4.78 is 28.2. The summed E-state index contributed by atoms with van der Waals surface area (Å²) in [5.74, 6) is 0.100. The van der Waals surface area contributed by atoms with E-state index in [2.05, 4.69) is 15.1 Å². The van der Waals surface area contributed by atoms with Gasteiger partial charge in [-0.15, -0.1) is 0 Å².